The van der Waals surface area contributed by atoms with Gasteiger partial charge in [-0.25, -0.2) is 0 Å². The molecule has 0 saturated heterocycles. The van der Waals surface area contributed by atoms with Crippen LogP contribution >= 0.6 is 23.2 Å². The monoisotopic (exact) mass is 374 g/mol. The topological polar surface area (TPSA) is 15.3 Å². The van der Waals surface area contributed by atoms with Crippen LogP contribution in [0.15, 0.2) is 18.2 Å². The molecule has 1 unspecified atom stereocenters. The Morgan fingerprint density at radius 1 is 1.04 bits per heavy atom. The smallest absolute Gasteiger partial charge is 0.0399 e. The van der Waals surface area contributed by atoms with Crippen molar-refractivity contribution in [2.75, 3.05) is 36.3 Å². The van der Waals surface area contributed by atoms with Gasteiger partial charge in [-0.05, 0) is 49.6 Å². The summed E-state index contributed by atoms with van der Waals surface area (Å²) in [6.45, 7) is 13.4. The molecule has 0 saturated carbocycles. The fraction of sp³-hybridized carbons (Fsp3) is 0.700. The van der Waals surface area contributed by atoms with Crippen LogP contribution in [0.4, 0.5) is 5.69 Å². The summed E-state index contributed by atoms with van der Waals surface area (Å²) in [5.41, 5.74) is 3.97. The Labute approximate surface area is 159 Å². The molecule has 0 radical (unpaired) electrons. The Balaban J connectivity index is 0.00000254. The van der Waals surface area contributed by atoms with Crippen molar-refractivity contribution in [2.24, 2.45) is 0 Å². The van der Waals surface area contributed by atoms with Gasteiger partial charge < -0.3 is 10.2 Å². The summed E-state index contributed by atoms with van der Waals surface area (Å²) in [5, 5.41) is 3.67. The zero-order valence-electron chi connectivity index (χ0n) is 16.2. The Hall–Kier alpha value is -0.440. The lowest BCUT2D eigenvalue weighted by molar-refractivity contribution is 0.492. The normalized spacial score (nSPS) is 11.6. The fourth-order valence-electron chi connectivity index (χ4n) is 2.80. The number of alkyl halides is 2. The summed E-state index contributed by atoms with van der Waals surface area (Å²) < 4.78 is 0. The minimum absolute atomic E-state index is 0.452. The lowest BCUT2D eigenvalue weighted by atomic mass is 9.96. The zero-order valence-corrected chi connectivity index (χ0v) is 17.7. The van der Waals surface area contributed by atoms with Crippen LogP contribution in [-0.4, -0.2) is 31.4 Å². The molecule has 0 aliphatic rings. The van der Waals surface area contributed by atoms with Gasteiger partial charge in [-0.3, -0.25) is 0 Å². The lowest BCUT2D eigenvalue weighted by Crippen LogP contribution is -2.28. The maximum absolute atomic E-state index is 5.91. The predicted molar refractivity (Wildman–Crippen MR) is 112 cm³/mol. The van der Waals surface area contributed by atoms with Gasteiger partial charge in [0.2, 0.25) is 0 Å². The van der Waals surface area contributed by atoms with Gasteiger partial charge in [-0.1, -0.05) is 40.2 Å². The molecule has 0 aliphatic heterocycles. The van der Waals surface area contributed by atoms with Gasteiger partial charge in [0.25, 0.3) is 0 Å². The maximum atomic E-state index is 5.91. The Kier molecular flexibility index (Phi) is 14.6. The van der Waals surface area contributed by atoms with Crippen LogP contribution in [0.2, 0.25) is 0 Å². The highest BCUT2D eigenvalue weighted by Gasteiger charge is 2.14. The molecule has 1 aromatic carbocycles. The third-order valence-electron chi connectivity index (χ3n) is 3.92. The number of hydrogen-bond acceptors (Lipinski definition) is 2. The molecule has 4 heteroatoms. The molecular formula is C20H36Cl2N2. The van der Waals surface area contributed by atoms with Crippen LogP contribution < -0.4 is 10.2 Å². The second-order valence-corrected chi connectivity index (χ2v) is 6.46. The van der Waals surface area contributed by atoms with Crippen molar-refractivity contribution in [1.29, 1.82) is 0 Å². The van der Waals surface area contributed by atoms with E-state index < -0.39 is 0 Å². The van der Waals surface area contributed by atoms with E-state index in [1.807, 2.05) is 13.8 Å². The first-order chi connectivity index (χ1) is 11.7. The Morgan fingerprint density at radius 3 is 2.12 bits per heavy atom. The van der Waals surface area contributed by atoms with Gasteiger partial charge in [-0.2, -0.15) is 0 Å². The fourth-order valence-corrected chi connectivity index (χ4v) is 3.20. The highest BCUT2D eigenvalue weighted by molar-refractivity contribution is 6.18. The standard InChI is InChI=1S/C18H30Cl2N2.C2H6/c1-4-6-18(21-11-5-2)17-8-7-16(14-15(17)3)22(12-9-19)13-10-20;1-2/h7-8,14,18,21H,4-6,9-13H2,1-3H3;1-2H3. The highest BCUT2D eigenvalue weighted by Crippen LogP contribution is 2.26. The average molecular weight is 375 g/mol. The van der Waals surface area contributed by atoms with E-state index >= 15 is 0 Å². The number of halogens is 2. The summed E-state index contributed by atoms with van der Waals surface area (Å²) in [5.74, 6) is 1.24. The molecule has 1 aromatic rings. The molecule has 0 aliphatic carbocycles. The molecule has 1 atom stereocenters. The molecule has 1 N–H and O–H groups in total. The van der Waals surface area contributed by atoms with Crippen molar-refractivity contribution < 1.29 is 0 Å². The zero-order chi connectivity index (χ0) is 18.4. The lowest BCUT2D eigenvalue weighted by Gasteiger charge is -2.26. The molecular weight excluding hydrogens is 339 g/mol. The third-order valence-corrected chi connectivity index (χ3v) is 4.26. The molecule has 140 valence electrons. The molecule has 0 spiro atoms. The van der Waals surface area contributed by atoms with E-state index in [0.717, 1.165) is 26.1 Å². The average Bonchev–Trinajstić information content (AvgIpc) is 2.60. The van der Waals surface area contributed by atoms with E-state index in [1.54, 1.807) is 0 Å². The molecule has 0 heterocycles. The Morgan fingerprint density at radius 2 is 1.67 bits per heavy atom. The largest absolute Gasteiger partial charge is 0.369 e. The van der Waals surface area contributed by atoms with E-state index in [-0.39, 0.29) is 0 Å². The van der Waals surface area contributed by atoms with Gasteiger partial charge in [0, 0.05) is 36.6 Å². The van der Waals surface area contributed by atoms with Gasteiger partial charge in [0.1, 0.15) is 0 Å². The van der Waals surface area contributed by atoms with Gasteiger partial charge in [0.15, 0.2) is 0 Å². The highest BCUT2D eigenvalue weighted by atomic mass is 35.5. The molecule has 0 bridgehead atoms. The van der Waals surface area contributed by atoms with E-state index in [9.17, 15) is 0 Å². The van der Waals surface area contributed by atoms with Crippen molar-refractivity contribution in [3.05, 3.63) is 29.3 Å². The number of nitrogens with zero attached hydrogens (tertiary/aromatic N) is 1. The maximum Gasteiger partial charge on any atom is 0.0399 e. The van der Waals surface area contributed by atoms with E-state index in [0.29, 0.717) is 17.8 Å². The predicted octanol–water partition coefficient (Wildman–Crippen LogP) is 6.15. The molecule has 24 heavy (non-hydrogen) atoms. The number of aryl methyl sites for hydroxylation is 1. The van der Waals surface area contributed by atoms with Crippen LogP contribution in [0.25, 0.3) is 0 Å². The summed E-state index contributed by atoms with van der Waals surface area (Å²) in [6, 6.07) is 7.19. The summed E-state index contributed by atoms with van der Waals surface area (Å²) in [6.07, 6.45) is 3.52. The van der Waals surface area contributed by atoms with Gasteiger partial charge in [-0.15, -0.1) is 23.2 Å². The first-order valence-corrected chi connectivity index (χ1v) is 10.5. The van der Waals surface area contributed by atoms with E-state index in [2.05, 4.69) is 49.2 Å². The number of anilines is 1. The van der Waals surface area contributed by atoms with Crippen molar-refractivity contribution in [1.82, 2.24) is 5.32 Å². The van der Waals surface area contributed by atoms with Crippen LogP contribution in [0, 0.1) is 6.92 Å². The number of hydrogen-bond donors (Lipinski definition) is 1. The molecule has 2 nitrogen and oxygen atoms in total. The minimum atomic E-state index is 0.452. The second-order valence-electron chi connectivity index (χ2n) is 5.70. The van der Waals surface area contributed by atoms with Gasteiger partial charge in [0.05, 0.1) is 0 Å². The number of nitrogens with one attached hydrogen (secondary N) is 1. The van der Waals surface area contributed by atoms with Crippen molar-refractivity contribution in [3.63, 3.8) is 0 Å². The molecule has 0 fully saturated rings. The quantitative estimate of drug-likeness (QED) is 0.467. The summed E-state index contributed by atoms with van der Waals surface area (Å²) in [4.78, 5) is 2.26. The molecule has 0 amide bonds. The van der Waals surface area contributed by atoms with Crippen LogP contribution in [0.5, 0.6) is 0 Å². The number of benzene rings is 1. The SMILES string of the molecule is CC.CCCNC(CCC)c1ccc(N(CCCl)CCCl)cc1C. The Bertz CT molecular complexity index is 418. The van der Waals surface area contributed by atoms with E-state index in [1.165, 1.54) is 29.7 Å². The van der Waals surface area contributed by atoms with Crippen LogP contribution in [0.1, 0.15) is 64.1 Å². The molecule has 1 rings (SSSR count). The summed E-state index contributed by atoms with van der Waals surface area (Å²) in [7, 11) is 0. The van der Waals surface area contributed by atoms with E-state index in [4.69, 9.17) is 23.2 Å². The number of rotatable bonds is 11. The first-order valence-electron chi connectivity index (χ1n) is 9.38. The molecule has 0 aromatic heterocycles. The van der Waals surface area contributed by atoms with Crippen LogP contribution in [-0.2, 0) is 0 Å². The van der Waals surface area contributed by atoms with Crippen molar-refractivity contribution in [2.45, 2.75) is 59.9 Å². The second kappa shape index (κ2) is 14.9. The first kappa shape index (κ1) is 23.6. The minimum Gasteiger partial charge on any atom is -0.369 e. The van der Waals surface area contributed by atoms with Gasteiger partial charge >= 0.3 is 0 Å². The van der Waals surface area contributed by atoms with Crippen LogP contribution in [0.3, 0.4) is 0 Å². The summed E-state index contributed by atoms with van der Waals surface area (Å²) >= 11 is 11.8. The third kappa shape index (κ3) is 8.09. The van der Waals surface area contributed by atoms with Crippen molar-refractivity contribution >= 4 is 28.9 Å². The van der Waals surface area contributed by atoms with Crippen molar-refractivity contribution in [3.8, 4) is 0 Å².